The Morgan fingerprint density at radius 2 is 1.68 bits per heavy atom. The van der Waals surface area contributed by atoms with Crippen LogP contribution in [0, 0.1) is 5.92 Å². The Labute approximate surface area is 130 Å². The molecular weight excluding hydrogens is 280 g/mol. The van der Waals surface area contributed by atoms with Crippen molar-refractivity contribution in [2.45, 2.75) is 19.3 Å². The van der Waals surface area contributed by atoms with E-state index < -0.39 is 0 Å². The number of carbonyl (C=O) groups is 2. The maximum Gasteiger partial charge on any atom is 0.261 e. The van der Waals surface area contributed by atoms with E-state index in [0.717, 1.165) is 38.9 Å². The normalized spacial score (nSPS) is 21.7. The summed E-state index contributed by atoms with van der Waals surface area (Å²) in [5.41, 5.74) is 1.05. The highest BCUT2D eigenvalue weighted by Gasteiger charge is 2.34. The highest BCUT2D eigenvalue weighted by molar-refractivity contribution is 6.21. The molecule has 2 aliphatic rings. The molecule has 1 aromatic rings. The number of imide groups is 1. The summed E-state index contributed by atoms with van der Waals surface area (Å²) in [6.07, 6.45) is 2.85. The lowest BCUT2D eigenvalue weighted by molar-refractivity contribution is 0.0650. The van der Waals surface area contributed by atoms with Gasteiger partial charge >= 0.3 is 0 Å². The van der Waals surface area contributed by atoms with Crippen molar-refractivity contribution in [3.63, 3.8) is 0 Å². The van der Waals surface area contributed by atoms with E-state index in [1.807, 2.05) is 0 Å². The maximum atomic E-state index is 12.2. The van der Waals surface area contributed by atoms with E-state index in [1.54, 1.807) is 24.3 Å². The van der Waals surface area contributed by atoms with Crippen LogP contribution in [0.25, 0.3) is 0 Å². The second kappa shape index (κ2) is 6.58. The summed E-state index contributed by atoms with van der Waals surface area (Å²) in [7, 11) is 0. The number of unbranched alkanes of at least 4 members (excludes halogenated alkanes) is 1. The van der Waals surface area contributed by atoms with E-state index in [2.05, 4.69) is 4.90 Å². The summed E-state index contributed by atoms with van der Waals surface area (Å²) >= 11 is 0. The van der Waals surface area contributed by atoms with Gasteiger partial charge in [0.2, 0.25) is 0 Å². The quantitative estimate of drug-likeness (QED) is 0.637. The van der Waals surface area contributed by atoms with Gasteiger partial charge in [0.1, 0.15) is 0 Å². The smallest absolute Gasteiger partial charge is 0.261 e. The van der Waals surface area contributed by atoms with Crippen LogP contribution in [0.15, 0.2) is 24.3 Å². The average molecular weight is 302 g/mol. The molecular formula is C17H22N2O3. The first-order valence-corrected chi connectivity index (χ1v) is 7.99. The molecule has 0 bridgehead atoms. The van der Waals surface area contributed by atoms with Gasteiger partial charge in [-0.3, -0.25) is 14.5 Å². The van der Waals surface area contributed by atoms with Gasteiger partial charge in [-0.1, -0.05) is 12.1 Å². The lowest BCUT2D eigenvalue weighted by Gasteiger charge is -2.17. The summed E-state index contributed by atoms with van der Waals surface area (Å²) in [6, 6.07) is 7.01. The molecule has 5 heteroatoms. The van der Waals surface area contributed by atoms with Crippen molar-refractivity contribution in [3.05, 3.63) is 35.4 Å². The number of carbonyl (C=O) groups excluding carboxylic acids is 2. The Kier molecular flexibility index (Phi) is 4.55. The van der Waals surface area contributed by atoms with Gasteiger partial charge < -0.3 is 10.0 Å². The van der Waals surface area contributed by atoms with Gasteiger partial charge in [0.05, 0.1) is 11.1 Å². The van der Waals surface area contributed by atoms with Crippen molar-refractivity contribution < 1.29 is 14.7 Å². The fourth-order valence-electron chi connectivity index (χ4n) is 3.31. The van der Waals surface area contributed by atoms with Gasteiger partial charge in [-0.15, -0.1) is 0 Å². The number of likely N-dealkylation sites (tertiary alicyclic amines) is 1. The summed E-state index contributed by atoms with van der Waals surface area (Å²) in [6.45, 7) is 3.73. The Balaban J connectivity index is 1.45. The van der Waals surface area contributed by atoms with Crippen molar-refractivity contribution >= 4 is 11.8 Å². The van der Waals surface area contributed by atoms with Crippen LogP contribution in [-0.2, 0) is 0 Å². The summed E-state index contributed by atoms with van der Waals surface area (Å²) < 4.78 is 0. The zero-order valence-electron chi connectivity index (χ0n) is 12.7. The van der Waals surface area contributed by atoms with Crippen LogP contribution in [0.5, 0.6) is 0 Å². The van der Waals surface area contributed by atoms with Gasteiger partial charge in [0, 0.05) is 19.7 Å². The lowest BCUT2D eigenvalue weighted by Crippen LogP contribution is -2.31. The molecule has 5 nitrogen and oxygen atoms in total. The van der Waals surface area contributed by atoms with Crippen LogP contribution < -0.4 is 0 Å². The van der Waals surface area contributed by atoms with Gasteiger partial charge in [-0.05, 0) is 50.4 Å². The number of hydrogen-bond acceptors (Lipinski definition) is 4. The molecule has 2 heterocycles. The average Bonchev–Trinajstić information content (AvgIpc) is 3.10. The van der Waals surface area contributed by atoms with Gasteiger partial charge in [-0.2, -0.15) is 0 Å². The molecule has 0 aliphatic carbocycles. The number of rotatable bonds is 6. The lowest BCUT2D eigenvalue weighted by atomic mass is 10.1. The first-order valence-electron chi connectivity index (χ1n) is 7.99. The highest BCUT2D eigenvalue weighted by Crippen LogP contribution is 2.23. The molecule has 2 aliphatic heterocycles. The van der Waals surface area contributed by atoms with E-state index in [0.29, 0.717) is 23.6 Å². The van der Waals surface area contributed by atoms with Gasteiger partial charge in [-0.25, -0.2) is 0 Å². The van der Waals surface area contributed by atoms with Crippen molar-refractivity contribution in [1.29, 1.82) is 0 Å². The maximum absolute atomic E-state index is 12.2. The molecule has 1 unspecified atom stereocenters. The molecule has 1 fully saturated rings. The number of nitrogens with zero attached hydrogens (tertiary/aromatic N) is 2. The van der Waals surface area contributed by atoms with E-state index >= 15 is 0 Å². The summed E-state index contributed by atoms with van der Waals surface area (Å²) in [5.74, 6) is 0.0838. The second-order valence-electron chi connectivity index (χ2n) is 6.15. The molecule has 3 rings (SSSR count). The van der Waals surface area contributed by atoms with Crippen LogP contribution in [0.1, 0.15) is 40.0 Å². The molecule has 118 valence electrons. The van der Waals surface area contributed by atoms with Crippen LogP contribution >= 0.6 is 0 Å². The Morgan fingerprint density at radius 1 is 1.05 bits per heavy atom. The van der Waals surface area contributed by atoms with Crippen LogP contribution in [-0.4, -0.2) is 59.5 Å². The first kappa shape index (κ1) is 15.2. The molecule has 22 heavy (non-hydrogen) atoms. The molecule has 1 atom stereocenters. The molecule has 0 aromatic heterocycles. The minimum Gasteiger partial charge on any atom is -0.396 e. The van der Waals surface area contributed by atoms with E-state index in [4.69, 9.17) is 5.11 Å². The number of fused-ring (bicyclic) bond motifs is 1. The van der Waals surface area contributed by atoms with E-state index in [9.17, 15) is 9.59 Å². The van der Waals surface area contributed by atoms with E-state index in [1.165, 1.54) is 4.90 Å². The van der Waals surface area contributed by atoms with Crippen molar-refractivity contribution in [2.24, 2.45) is 5.92 Å². The largest absolute Gasteiger partial charge is 0.396 e. The summed E-state index contributed by atoms with van der Waals surface area (Å²) in [5, 5.41) is 9.13. The molecule has 1 aromatic carbocycles. The van der Waals surface area contributed by atoms with Crippen LogP contribution in [0.4, 0.5) is 0 Å². The monoisotopic (exact) mass is 302 g/mol. The Bertz CT molecular complexity index is 538. The molecule has 0 spiro atoms. The van der Waals surface area contributed by atoms with Gasteiger partial charge in [0.25, 0.3) is 11.8 Å². The number of amides is 2. The SMILES string of the molecule is O=C1c2ccccc2C(=O)N1CCCCN1CCC(CO)C1. The zero-order chi connectivity index (χ0) is 15.5. The summed E-state index contributed by atoms with van der Waals surface area (Å²) in [4.78, 5) is 28.1. The van der Waals surface area contributed by atoms with Gasteiger partial charge in [0.15, 0.2) is 0 Å². The fraction of sp³-hybridized carbons (Fsp3) is 0.529. The first-order chi connectivity index (χ1) is 10.7. The minimum absolute atomic E-state index is 0.165. The minimum atomic E-state index is -0.165. The standard InChI is InChI=1S/C17H22N2O3/c20-12-13-7-10-18(11-13)8-3-4-9-19-16(21)14-5-1-2-6-15(14)17(19)22/h1-2,5-6,13,20H,3-4,7-12H2. The predicted molar refractivity (Wildman–Crippen MR) is 82.7 cm³/mol. The molecule has 2 amide bonds. The highest BCUT2D eigenvalue weighted by atomic mass is 16.3. The third-order valence-electron chi connectivity index (χ3n) is 4.61. The Hall–Kier alpha value is -1.72. The van der Waals surface area contributed by atoms with Crippen LogP contribution in [0.3, 0.4) is 0 Å². The number of benzene rings is 1. The molecule has 1 N–H and O–H groups in total. The number of hydrogen-bond donors (Lipinski definition) is 1. The number of aliphatic hydroxyl groups is 1. The third kappa shape index (κ3) is 2.91. The van der Waals surface area contributed by atoms with E-state index in [-0.39, 0.29) is 18.4 Å². The predicted octanol–water partition coefficient (Wildman–Crippen LogP) is 1.38. The van der Waals surface area contributed by atoms with Crippen molar-refractivity contribution in [2.75, 3.05) is 32.8 Å². The number of aliphatic hydroxyl groups excluding tert-OH is 1. The zero-order valence-corrected chi connectivity index (χ0v) is 12.7. The van der Waals surface area contributed by atoms with Crippen molar-refractivity contribution in [1.82, 2.24) is 9.80 Å². The third-order valence-corrected chi connectivity index (χ3v) is 4.61. The molecule has 0 saturated carbocycles. The second-order valence-corrected chi connectivity index (χ2v) is 6.15. The Morgan fingerprint density at radius 3 is 2.27 bits per heavy atom. The molecule has 0 radical (unpaired) electrons. The fourth-order valence-corrected chi connectivity index (χ4v) is 3.31. The van der Waals surface area contributed by atoms with Crippen LogP contribution in [0.2, 0.25) is 0 Å². The molecule has 1 saturated heterocycles. The topological polar surface area (TPSA) is 60.9 Å². The van der Waals surface area contributed by atoms with Crippen molar-refractivity contribution in [3.8, 4) is 0 Å².